The normalized spacial score (nSPS) is 50.6. The summed E-state index contributed by atoms with van der Waals surface area (Å²) in [5.74, 6) is 2.08. The first-order chi connectivity index (χ1) is 13.2. The van der Waals surface area contributed by atoms with Crippen LogP contribution in [0.2, 0.25) is 0 Å². The third-order valence-electron chi connectivity index (χ3n) is 9.67. The van der Waals surface area contributed by atoms with Crippen LogP contribution in [0.5, 0.6) is 0 Å². The predicted molar refractivity (Wildman–Crippen MR) is 116 cm³/mol. The molecule has 0 aliphatic heterocycles. The Balaban J connectivity index is 1.53. The Bertz CT molecular complexity index is 658. The minimum Gasteiger partial charge on any atom is -0.393 e. The van der Waals surface area contributed by atoms with Gasteiger partial charge in [0, 0.05) is 6.21 Å². The van der Waals surface area contributed by atoms with Gasteiger partial charge in [-0.3, -0.25) is 5.43 Å². The van der Waals surface area contributed by atoms with Crippen molar-refractivity contribution in [2.75, 3.05) is 0 Å². The zero-order chi connectivity index (χ0) is 20.2. The third-order valence-corrected chi connectivity index (χ3v) is 9.76. The highest BCUT2D eigenvalue weighted by molar-refractivity contribution is 7.80. The molecule has 0 amide bonds. The summed E-state index contributed by atoms with van der Waals surface area (Å²) in [7, 11) is 0. The van der Waals surface area contributed by atoms with Crippen molar-refractivity contribution in [3.05, 3.63) is 0 Å². The van der Waals surface area contributed by atoms with E-state index >= 15 is 0 Å². The molecule has 0 heterocycles. The summed E-state index contributed by atoms with van der Waals surface area (Å²) < 4.78 is 0. The Hall–Kier alpha value is -0.720. The molecule has 0 radical (unpaired) electrons. The van der Waals surface area contributed by atoms with E-state index in [-0.39, 0.29) is 16.6 Å². The molecular formula is C22H37N3O2S. The zero-order valence-corrected chi connectivity index (χ0v) is 18.2. The fourth-order valence-corrected chi connectivity index (χ4v) is 8.03. The number of hydrogen-bond donors (Lipinski definition) is 4. The molecule has 0 bridgehead atoms. The van der Waals surface area contributed by atoms with Crippen molar-refractivity contribution >= 4 is 23.5 Å². The molecule has 0 aromatic rings. The lowest BCUT2D eigenvalue weighted by atomic mass is 9.43. The molecule has 158 valence electrons. The van der Waals surface area contributed by atoms with E-state index in [0.29, 0.717) is 29.1 Å². The van der Waals surface area contributed by atoms with Crippen LogP contribution in [0.15, 0.2) is 5.10 Å². The van der Waals surface area contributed by atoms with Crippen LogP contribution in [0.3, 0.4) is 0 Å². The van der Waals surface area contributed by atoms with Crippen molar-refractivity contribution < 1.29 is 10.2 Å². The van der Waals surface area contributed by atoms with Crippen LogP contribution in [-0.2, 0) is 0 Å². The molecule has 0 saturated heterocycles. The summed E-state index contributed by atoms with van der Waals surface area (Å²) in [6.45, 7) is 4.79. The molecule has 4 aliphatic carbocycles. The van der Waals surface area contributed by atoms with Gasteiger partial charge < -0.3 is 15.9 Å². The number of hydrogen-bond acceptors (Lipinski definition) is 4. The monoisotopic (exact) mass is 407 g/mol. The molecule has 5 N–H and O–H groups in total. The van der Waals surface area contributed by atoms with Gasteiger partial charge in [0.2, 0.25) is 0 Å². The van der Waals surface area contributed by atoms with E-state index in [1.807, 2.05) is 6.21 Å². The van der Waals surface area contributed by atoms with E-state index in [1.165, 1.54) is 6.42 Å². The van der Waals surface area contributed by atoms with Crippen LogP contribution in [-0.4, -0.2) is 33.2 Å². The first kappa shape index (κ1) is 20.5. The SMILES string of the molecule is C[C@]12CC[C@H](O)C[C@H]1CC[C@@H]1[C@@H]2CC[C@]2(C)[C@@H](C/C=N/NC(N)=S)CC[C@]12O. The summed E-state index contributed by atoms with van der Waals surface area (Å²) in [6.07, 6.45) is 12.2. The predicted octanol–water partition coefficient (Wildman–Crippen LogP) is 3.33. The topological polar surface area (TPSA) is 90.9 Å². The summed E-state index contributed by atoms with van der Waals surface area (Å²) in [5, 5.41) is 26.6. The average Bonchev–Trinajstić information content (AvgIpc) is 2.90. The van der Waals surface area contributed by atoms with Gasteiger partial charge in [-0.15, -0.1) is 0 Å². The van der Waals surface area contributed by atoms with Gasteiger partial charge in [0.05, 0.1) is 11.7 Å². The lowest BCUT2D eigenvalue weighted by Crippen LogP contribution is -2.62. The molecule has 0 spiro atoms. The molecular weight excluding hydrogens is 370 g/mol. The second-order valence-electron chi connectivity index (χ2n) is 10.6. The number of rotatable bonds is 3. The van der Waals surface area contributed by atoms with Gasteiger partial charge in [0.15, 0.2) is 5.11 Å². The molecule has 0 unspecified atom stereocenters. The van der Waals surface area contributed by atoms with E-state index in [0.717, 1.165) is 57.8 Å². The minimum absolute atomic E-state index is 0.0409. The molecule has 4 rings (SSSR count). The van der Waals surface area contributed by atoms with Gasteiger partial charge in [-0.25, -0.2) is 0 Å². The van der Waals surface area contributed by atoms with Crippen molar-refractivity contribution in [1.82, 2.24) is 5.43 Å². The van der Waals surface area contributed by atoms with Crippen molar-refractivity contribution in [3.63, 3.8) is 0 Å². The van der Waals surface area contributed by atoms with Gasteiger partial charge in [-0.1, -0.05) is 13.8 Å². The number of nitrogens with two attached hydrogens (primary N) is 1. The average molecular weight is 408 g/mol. The van der Waals surface area contributed by atoms with Crippen LogP contribution in [0.25, 0.3) is 0 Å². The van der Waals surface area contributed by atoms with E-state index in [2.05, 4.69) is 24.4 Å². The maximum Gasteiger partial charge on any atom is 0.184 e. The highest BCUT2D eigenvalue weighted by Gasteiger charge is 2.66. The summed E-state index contributed by atoms with van der Waals surface area (Å²) in [6, 6.07) is 0. The van der Waals surface area contributed by atoms with Gasteiger partial charge >= 0.3 is 0 Å². The third kappa shape index (κ3) is 3.02. The molecule has 4 fully saturated rings. The number of nitrogens with zero attached hydrogens (tertiary/aromatic N) is 1. The molecule has 0 aromatic carbocycles. The van der Waals surface area contributed by atoms with Gasteiger partial charge in [-0.05, 0) is 111 Å². The maximum atomic E-state index is 12.1. The fraction of sp³-hybridized carbons (Fsp3) is 0.909. The molecule has 4 aliphatic rings. The van der Waals surface area contributed by atoms with E-state index in [1.54, 1.807) is 0 Å². The maximum absolute atomic E-state index is 12.1. The Morgan fingerprint density at radius 3 is 2.68 bits per heavy atom. The van der Waals surface area contributed by atoms with Gasteiger partial charge in [0.25, 0.3) is 0 Å². The van der Waals surface area contributed by atoms with Crippen LogP contribution in [0.4, 0.5) is 0 Å². The highest BCUT2D eigenvalue weighted by atomic mass is 32.1. The first-order valence-corrected chi connectivity index (χ1v) is 11.6. The van der Waals surface area contributed by atoms with E-state index < -0.39 is 5.60 Å². The Morgan fingerprint density at radius 1 is 1.14 bits per heavy atom. The quantitative estimate of drug-likeness (QED) is 0.327. The van der Waals surface area contributed by atoms with Crippen molar-refractivity contribution in [2.45, 2.75) is 89.8 Å². The summed E-state index contributed by atoms with van der Waals surface area (Å²) >= 11 is 4.80. The van der Waals surface area contributed by atoms with Crippen molar-refractivity contribution in [2.24, 2.45) is 45.3 Å². The second-order valence-corrected chi connectivity index (χ2v) is 11.0. The highest BCUT2D eigenvalue weighted by Crippen LogP contribution is 2.69. The lowest BCUT2D eigenvalue weighted by Gasteiger charge is -2.63. The van der Waals surface area contributed by atoms with Crippen LogP contribution < -0.4 is 11.2 Å². The number of hydrazone groups is 1. The zero-order valence-electron chi connectivity index (χ0n) is 17.4. The number of aliphatic hydroxyl groups is 2. The molecule has 28 heavy (non-hydrogen) atoms. The molecule has 6 heteroatoms. The van der Waals surface area contributed by atoms with Crippen molar-refractivity contribution in [3.8, 4) is 0 Å². The first-order valence-electron chi connectivity index (χ1n) is 11.2. The Morgan fingerprint density at radius 2 is 1.93 bits per heavy atom. The van der Waals surface area contributed by atoms with Crippen LogP contribution >= 0.6 is 12.2 Å². The largest absolute Gasteiger partial charge is 0.393 e. The van der Waals surface area contributed by atoms with Gasteiger partial charge in [-0.2, -0.15) is 5.10 Å². The number of fused-ring (bicyclic) bond motifs is 5. The number of thiocarbonyl (C=S) groups is 1. The number of nitrogens with one attached hydrogen (secondary N) is 1. The Kier molecular flexibility index (Phi) is 5.29. The number of aliphatic hydroxyl groups excluding tert-OH is 1. The van der Waals surface area contributed by atoms with Crippen LogP contribution in [0.1, 0.15) is 78.1 Å². The molecule has 8 atom stereocenters. The standard InChI is InChI=1S/C22H37N3O2S/c1-20-9-6-16(26)13-15(20)3-4-18-17(20)7-10-21(2)14(5-11-22(18,21)27)8-12-24-25-19(23)28/h12,14-18,26-27H,3-11,13H2,1-2H3,(H3,23,25,28)/b24-12+/t14-,15-,16+,17+,18-,20+,21-,22+/m1/s1. The lowest BCUT2D eigenvalue weighted by molar-refractivity contribution is -0.209. The van der Waals surface area contributed by atoms with E-state index in [4.69, 9.17) is 18.0 Å². The Labute approximate surface area is 174 Å². The fourth-order valence-electron chi connectivity index (χ4n) is 7.98. The summed E-state index contributed by atoms with van der Waals surface area (Å²) in [5.41, 5.74) is 7.77. The molecule has 0 aromatic heterocycles. The van der Waals surface area contributed by atoms with Crippen molar-refractivity contribution in [1.29, 1.82) is 0 Å². The summed E-state index contributed by atoms with van der Waals surface area (Å²) in [4.78, 5) is 0. The van der Waals surface area contributed by atoms with E-state index in [9.17, 15) is 10.2 Å². The second kappa shape index (κ2) is 7.21. The smallest absolute Gasteiger partial charge is 0.184 e. The molecule has 5 nitrogen and oxygen atoms in total. The van der Waals surface area contributed by atoms with Gasteiger partial charge in [0.1, 0.15) is 0 Å². The minimum atomic E-state index is -0.560. The molecule has 4 saturated carbocycles. The van der Waals surface area contributed by atoms with Crippen LogP contribution in [0, 0.1) is 34.5 Å².